The molecule has 2 rings (SSSR count). The van der Waals surface area contributed by atoms with Gasteiger partial charge in [0, 0.05) is 17.6 Å². The number of pyridine rings is 1. The summed E-state index contributed by atoms with van der Waals surface area (Å²) in [6, 6.07) is 6.35. The number of hydrogen-bond acceptors (Lipinski definition) is 4. The molecule has 132 valence electrons. The van der Waals surface area contributed by atoms with Crippen LogP contribution in [0.15, 0.2) is 29.2 Å². The third kappa shape index (κ3) is 4.68. The van der Waals surface area contributed by atoms with E-state index in [2.05, 4.69) is 16.6 Å². The number of sulfonamides is 1. The molecule has 24 heavy (non-hydrogen) atoms. The van der Waals surface area contributed by atoms with Crippen molar-refractivity contribution in [1.82, 2.24) is 9.71 Å². The Labute approximate surface area is 144 Å². The summed E-state index contributed by atoms with van der Waals surface area (Å²) in [6.07, 6.45) is 6.64. The maximum Gasteiger partial charge on any atom is 0.241 e. The normalized spacial score (nSPS) is 11.9. The number of rotatable bonds is 9. The zero-order valence-corrected chi connectivity index (χ0v) is 15.2. The van der Waals surface area contributed by atoms with Crippen molar-refractivity contribution < 1.29 is 13.5 Å². The molecule has 0 aliphatic carbocycles. The first-order valence-electron chi connectivity index (χ1n) is 8.54. The molecule has 2 aromatic rings. The quantitative estimate of drug-likeness (QED) is 0.673. The standard InChI is InChI=1S/C18H26N2O3S/c1-3-4-5-6-7-8-12-19-24(22,23)17-13-14(2)20-18-15(17)10-9-11-16(18)21/h9-11,13,19,21H,3-8,12H2,1-2H3. The Kier molecular flexibility index (Phi) is 6.57. The summed E-state index contributed by atoms with van der Waals surface area (Å²) in [5, 5.41) is 10.4. The minimum Gasteiger partial charge on any atom is -0.506 e. The highest BCUT2D eigenvalue weighted by molar-refractivity contribution is 7.89. The lowest BCUT2D eigenvalue weighted by Crippen LogP contribution is -2.25. The van der Waals surface area contributed by atoms with Crippen LogP contribution >= 0.6 is 0 Å². The van der Waals surface area contributed by atoms with Crippen molar-refractivity contribution in [3.8, 4) is 5.75 Å². The first-order valence-corrected chi connectivity index (χ1v) is 10.0. The van der Waals surface area contributed by atoms with Crippen LogP contribution in [0.4, 0.5) is 0 Å². The van der Waals surface area contributed by atoms with Crippen molar-refractivity contribution in [3.05, 3.63) is 30.0 Å². The molecule has 5 nitrogen and oxygen atoms in total. The minimum atomic E-state index is -3.62. The van der Waals surface area contributed by atoms with Crippen LogP contribution < -0.4 is 4.72 Å². The van der Waals surface area contributed by atoms with Crippen LogP contribution in [-0.2, 0) is 10.0 Å². The van der Waals surface area contributed by atoms with Crippen molar-refractivity contribution in [2.75, 3.05) is 6.54 Å². The number of aryl methyl sites for hydroxylation is 1. The highest BCUT2D eigenvalue weighted by Crippen LogP contribution is 2.28. The lowest BCUT2D eigenvalue weighted by Gasteiger charge is -2.11. The smallest absolute Gasteiger partial charge is 0.241 e. The molecule has 1 aromatic carbocycles. The molecule has 0 aliphatic heterocycles. The van der Waals surface area contributed by atoms with Crippen LogP contribution in [-0.4, -0.2) is 25.1 Å². The topological polar surface area (TPSA) is 79.3 Å². The van der Waals surface area contributed by atoms with Gasteiger partial charge in [-0.2, -0.15) is 0 Å². The fourth-order valence-electron chi connectivity index (χ4n) is 2.74. The van der Waals surface area contributed by atoms with Gasteiger partial charge in [0.1, 0.15) is 11.3 Å². The monoisotopic (exact) mass is 350 g/mol. The third-order valence-electron chi connectivity index (χ3n) is 4.02. The molecular weight excluding hydrogens is 324 g/mol. The molecule has 1 aromatic heterocycles. The average molecular weight is 350 g/mol. The van der Waals surface area contributed by atoms with Gasteiger partial charge in [-0.1, -0.05) is 51.2 Å². The number of unbranched alkanes of at least 4 members (excludes halogenated alkanes) is 5. The van der Waals surface area contributed by atoms with Crippen molar-refractivity contribution >= 4 is 20.9 Å². The number of aromatic nitrogens is 1. The zero-order valence-electron chi connectivity index (χ0n) is 14.4. The Hall–Kier alpha value is -1.66. The molecule has 0 radical (unpaired) electrons. The number of phenolic OH excluding ortho intramolecular Hbond substituents is 1. The van der Waals surface area contributed by atoms with Crippen LogP contribution in [0, 0.1) is 6.92 Å². The summed E-state index contributed by atoms with van der Waals surface area (Å²) in [5.74, 6) is -0.0106. The number of para-hydroxylation sites is 1. The van der Waals surface area contributed by atoms with E-state index in [0.29, 0.717) is 23.1 Å². The molecule has 0 bridgehead atoms. The maximum absolute atomic E-state index is 12.6. The second-order valence-corrected chi connectivity index (χ2v) is 7.84. The van der Waals surface area contributed by atoms with Crippen molar-refractivity contribution in [3.63, 3.8) is 0 Å². The molecular formula is C18H26N2O3S. The molecule has 0 saturated carbocycles. The van der Waals surface area contributed by atoms with E-state index in [-0.39, 0.29) is 10.6 Å². The maximum atomic E-state index is 12.6. The number of phenols is 1. The fourth-order valence-corrected chi connectivity index (χ4v) is 4.08. The van der Waals surface area contributed by atoms with Crippen molar-refractivity contribution in [2.45, 2.75) is 57.3 Å². The van der Waals surface area contributed by atoms with E-state index in [0.717, 1.165) is 19.3 Å². The number of benzene rings is 1. The van der Waals surface area contributed by atoms with Crippen molar-refractivity contribution in [1.29, 1.82) is 0 Å². The van der Waals surface area contributed by atoms with E-state index >= 15 is 0 Å². The average Bonchev–Trinajstić information content (AvgIpc) is 2.54. The van der Waals surface area contributed by atoms with Gasteiger partial charge in [-0.3, -0.25) is 0 Å². The molecule has 0 aliphatic rings. The predicted molar refractivity (Wildman–Crippen MR) is 96.7 cm³/mol. The summed E-state index contributed by atoms with van der Waals surface area (Å²) in [5.41, 5.74) is 0.876. The number of nitrogens with zero attached hydrogens (tertiary/aromatic N) is 1. The molecule has 0 spiro atoms. The Bertz CT molecular complexity index is 788. The third-order valence-corrected chi connectivity index (χ3v) is 5.52. The minimum absolute atomic E-state index is 0.0106. The van der Waals surface area contributed by atoms with Gasteiger partial charge in [0.25, 0.3) is 0 Å². The van der Waals surface area contributed by atoms with Gasteiger partial charge in [0.15, 0.2) is 0 Å². The SMILES string of the molecule is CCCCCCCCNS(=O)(=O)c1cc(C)nc2c(O)cccc12. The van der Waals surface area contributed by atoms with E-state index < -0.39 is 10.0 Å². The van der Waals surface area contributed by atoms with Gasteiger partial charge in [0.05, 0.1) is 4.90 Å². The van der Waals surface area contributed by atoms with E-state index in [1.807, 2.05) is 0 Å². The van der Waals surface area contributed by atoms with Gasteiger partial charge in [0.2, 0.25) is 10.0 Å². The van der Waals surface area contributed by atoms with Gasteiger partial charge in [-0.15, -0.1) is 0 Å². The van der Waals surface area contributed by atoms with E-state index in [4.69, 9.17) is 0 Å². The number of nitrogens with one attached hydrogen (secondary N) is 1. The zero-order chi connectivity index (χ0) is 17.6. The highest BCUT2D eigenvalue weighted by atomic mass is 32.2. The lowest BCUT2D eigenvalue weighted by atomic mass is 10.1. The number of fused-ring (bicyclic) bond motifs is 1. The Balaban J connectivity index is 2.09. The summed E-state index contributed by atoms with van der Waals surface area (Å²) in [6.45, 7) is 4.32. The number of hydrogen-bond donors (Lipinski definition) is 2. The van der Waals surface area contributed by atoms with Crippen LogP contribution in [0.1, 0.15) is 51.1 Å². The van der Waals surface area contributed by atoms with Gasteiger partial charge >= 0.3 is 0 Å². The first-order chi connectivity index (χ1) is 11.5. The van der Waals surface area contributed by atoms with E-state index in [1.54, 1.807) is 25.1 Å². The van der Waals surface area contributed by atoms with Gasteiger partial charge in [-0.05, 0) is 25.5 Å². The lowest BCUT2D eigenvalue weighted by molar-refractivity contribution is 0.480. The summed E-state index contributed by atoms with van der Waals surface area (Å²) in [4.78, 5) is 4.42. The molecule has 0 unspecified atom stereocenters. The Morgan fingerprint density at radius 1 is 1.12 bits per heavy atom. The molecule has 1 heterocycles. The van der Waals surface area contributed by atoms with Crippen LogP contribution in [0.5, 0.6) is 5.75 Å². The second-order valence-electron chi connectivity index (χ2n) is 6.10. The van der Waals surface area contributed by atoms with E-state index in [1.165, 1.54) is 25.3 Å². The van der Waals surface area contributed by atoms with Crippen LogP contribution in [0.2, 0.25) is 0 Å². The predicted octanol–water partition coefficient (Wildman–Crippen LogP) is 3.89. The fraction of sp³-hybridized carbons (Fsp3) is 0.500. The van der Waals surface area contributed by atoms with Crippen LogP contribution in [0.3, 0.4) is 0 Å². The molecule has 0 fully saturated rings. The van der Waals surface area contributed by atoms with Gasteiger partial charge < -0.3 is 5.11 Å². The Morgan fingerprint density at radius 2 is 1.83 bits per heavy atom. The molecule has 6 heteroatoms. The first kappa shape index (κ1) is 18.7. The molecule has 0 amide bonds. The van der Waals surface area contributed by atoms with Crippen LogP contribution in [0.25, 0.3) is 10.9 Å². The summed E-state index contributed by atoms with van der Waals surface area (Å²) >= 11 is 0. The largest absolute Gasteiger partial charge is 0.506 e. The summed E-state index contributed by atoms with van der Waals surface area (Å²) < 4.78 is 27.9. The highest BCUT2D eigenvalue weighted by Gasteiger charge is 2.19. The van der Waals surface area contributed by atoms with E-state index in [9.17, 15) is 13.5 Å². The molecule has 0 atom stereocenters. The number of aromatic hydroxyl groups is 1. The van der Waals surface area contributed by atoms with Gasteiger partial charge in [-0.25, -0.2) is 18.1 Å². The van der Waals surface area contributed by atoms with Crippen molar-refractivity contribution in [2.24, 2.45) is 0 Å². The molecule has 2 N–H and O–H groups in total. The Morgan fingerprint density at radius 3 is 2.58 bits per heavy atom. The summed E-state index contributed by atoms with van der Waals surface area (Å²) in [7, 11) is -3.62. The second kappa shape index (κ2) is 8.44. The molecule has 0 saturated heterocycles.